The predicted octanol–water partition coefficient (Wildman–Crippen LogP) is 0.594. The molecule has 0 spiro atoms. The molecule has 2 bridgehead atoms. The van der Waals surface area contributed by atoms with Crippen molar-refractivity contribution in [2.45, 2.75) is 49.7 Å². The van der Waals surface area contributed by atoms with Gasteiger partial charge in [-0.1, -0.05) is 0 Å². The number of likely N-dealkylation sites (tertiary alicyclic amines) is 1. The van der Waals surface area contributed by atoms with Crippen LogP contribution >= 0.6 is 0 Å². The van der Waals surface area contributed by atoms with Gasteiger partial charge in [-0.15, -0.1) is 0 Å². The molecule has 21 heavy (non-hydrogen) atoms. The van der Waals surface area contributed by atoms with Gasteiger partial charge >= 0.3 is 0 Å². The third kappa shape index (κ3) is 1.81. The molecule has 1 aromatic heterocycles. The minimum absolute atomic E-state index is 0.0768. The van der Waals surface area contributed by atoms with E-state index in [0.29, 0.717) is 13.0 Å². The van der Waals surface area contributed by atoms with Crippen LogP contribution in [0.4, 0.5) is 0 Å². The lowest BCUT2D eigenvalue weighted by molar-refractivity contribution is -0.139. The second-order valence-electron chi connectivity index (χ2n) is 6.56. The van der Waals surface area contributed by atoms with E-state index in [1.807, 2.05) is 28.9 Å². The molecule has 2 atom stereocenters. The van der Waals surface area contributed by atoms with Crippen molar-refractivity contribution < 1.29 is 9.59 Å². The first kappa shape index (κ1) is 12.9. The number of carbonyl (C=O) groups excluding carboxylic acids is 2. The van der Waals surface area contributed by atoms with E-state index in [2.05, 4.69) is 5.10 Å². The smallest absolute Gasteiger partial charge is 0.251 e. The van der Waals surface area contributed by atoms with Crippen molar-refractivity contribution in [3.63, 3.8) is 0 Å². The van der Waals surface area contributed by atoms with E-state index in [1.165, 1.54) is 0 Å². The molecule has 2 saturated heterocycles. The minimum Gasteiger partial charge on any atom is -0.344 e. The highest BCUT2D eigenvalue weighted by atomic mass is 16.2. The maximum Gasteiger partial charge on any atom is 0.251 e. The molecule has 2 aliphatic heterocycles. The zero-order chi connectivity index (χ0) is 14.6. The van der Waals surface area contributed by atoms with Crippen LogP contribution in [0, 0.1) is 0 Å². The molecular weight excluding hydrogens is 268 g/mol. The van der Waals surface area contributed by atoms with Crippen molar-refractivity contribution in [1.29, 1.82) is 0 Å². The fraction of sp³-hybridized carbons (Fsp3) is 0.667. The van der Waals surface area contributed by atoms with Gasteiger partial charge in [-0.05, 0) is 31.7 Å². The summed E-state index contributed by atoms with van der Waals surface area (Å²) in [4.78, 5) is 29.0. The molecule has 6 heteroatoms. The number of likely N-dealkylation sites (N-methyl/N-ethyl adjacent to an activating group) is 1. The SMILES string of the molecule is CN1C[C@@H]2CC[C@H](CC1=O)N2C(=O)C1(n2cccn2)CC1. The molecular formula is C15H20N4O2. The standard InChI is InChI=1S/C15H20N4O2/c1-17-10-12-4-3-11(9-13(17)20)19(12)14(21)15(5-6-15)18-8-2-7-16-18/h2,7-8,11-12H,3-6,9-10H2,1H3/t11-,12+/m1/s1. The van der Waals surface area contributed by atoms with Crippen LogP contribution in [0.5, 0.6) is 0 Å². The molecule has 6 nitrogen and oxygen atoms in total. The van der Waals surface area contributed by atoms with Crippen LogP contribution in [0.1, 0.15) is 32.1 Å². The fourth-order valence-electron chi connectivity index (χ4n) is 3.87. The van der Waals surface area contributed by atoms with Crippen LogP contribution in [0.15, 0.2) is 18.5 Å². The summed E-state index contributed by atoms with van der Waals surface area (Å²) in [5.41, 5.74) is -0.476. The molecule has 3 fully saturated rings. The summed E-state index contributed by atoms with van der Waals surface area (Å²) in [6.07, 6.45) is 7.73. The Balaban J connectivity index is 1.64. The quantitative estimate of drug-likeness (QED) is 0.800. The number of nitrogens with zero attached hydrogens (tertiary/aromatic N) is 4. The van der Waals surface area contributed by atoms with Gasteiger partial charge in [0.25, 0.3) is 5.91 Å². The van der Waals surface area contributed by atoms with Crippen molar-refractivity contribution in [3.05, 3.63) is 18.5 Å². The molecule has 1 aliphatic carbocycles. The maximum absolute atomic E-state index is 13.1. The van der Waals surface area contributed by atoms with Gasteiger partial charge < -0.3 is 9.80 Å². The van der Waals surface area contributed by atoms with Crippen LogP contribution in [0.25, 0.3) is 0 Å². The highest BCUT2D eigenvalue weighted by Gasteiger charge is 2.57. The van der Waals surface area contributed by atoms with Crippen molar-refractivity contribution >= 4 is 11.8 Å². The van der Waals surface area contributed by atoms with E-state index < -0.39 is 5.54 Å². The largest absolute Gasteiger partial charge is 0.344 e. The van der Waals surface area contributed by atoms with Crippen molar-refractivity contribution in [3.8, 4) is 0 Å². The lowest BCUT2D eigenvalue weighted by Gasteiger charge is -2.32. The minimum atomic E-state index is -0.476. The number of aromatic nitrogens is 2. The summed E-state index contributed by atoms with van der Waals surface area (Å²) in [5.74, 6) is 0.325. The molecule has 2 amide bonds. The summed E-state index contributed by atoms with van der Waals surface area (Å²) >= 11 is 0. The Morgan fingerprint density at radius 3 is 2.76 bits per heavy atom. The summed E-state index contributed by atoms with van der Waals surface area (Å²) in [6.45, 7) is 0.663. The van der Waals surface area contributed by atoms with Crippen molar-refractivity contribution in [2.24, 2.45) is 0 Å². The number of carbonyl (C=O) groups is 2. The van der Waals surface area contributed by atoms with Gasteiger partial charge in [-0.2, -0.15) is 5.10 Å². The lowest BCUT2D eigenvalue weighted by atomic mass is 10.1. The molecule has 0 unspecified atom stereocenters. The van der Waals surface area contributed by atoms with Gasteiger partial charge in [-0.3, -0.25) is 14.3 Å². The Labute approximate surface area is 123 Å². The highest BCUT2D eigenvalue weighted by molar-refractivity contribution is 5.89. The highest BCUT2D eigenvalue weighted by Crippen LogP contribution is 2.47. The Kier molecular flexibility index (Phi) is 2.65. The molecule has 112 valence electrons. The van der Waals surface area contributed by atoms with Crippen molar-refractivity contribution in [1.82, 2.24) is 19.6 Å². The lowest BCUT2D eigenvalue weighted by Crippen LogP contribution is -2.49. The maximum atomic E-state index is 13.1. The van der Waals surface area contributed by atoms with Crippen LogP contribution in [0.3, 0.4) is 0 Å². The van der Waals surface area contributed by atoms with E-state index >= 15 is 0 Å². The van der Waals surface area contributed by atoms with Crippen molar-refractivity contribution in [2.75, 3.05) is 13.6 Å². The molecule has 1 aromatic rings. The van der Waals surface area contributed by atoms with Gasteiger partial charge in [-0.25, -0.2) is 0 Å². The molecule has 1 saturated carbocycles. The number of fused-ring (bicyclic) bond motifs is 2. The van der Waals surface area contributed by atoms with E-state index in [-0.39, 0.29) is 23.9 Å². The molecule has 0 N–H and O–H groups in total. The predicted molar refractivity (Wildman–Crippen MR) is 75.3 cm³/mol. The van der Waals surface area contributed by atoms with E-state index in [0.717, 1.165) is 25.7 Å². The third-order valence-electron chi connectivity index (χ3n) is 5.24. The zero-order valence-electron chi connectivity index (χ0n) is 12.2. The molecule has 3 heterocycles. The Morgan fingerprint density at radius 1 is 1.33 bits per heavy atom. The molecule has 4 rings (SSSR count). The van der Waals surface area contributed by atoms with E-state index in [9.17, 15) is 9.59 Å². The van der Waals surface area contributed by atoms with Crippen LogP contribution in [-0.4, -0.2) is 57.1 Å². The summed E-state index contributed by atoms with van der Waals surface area (Å²) < 4.78 is 1.81. The molecule has 3 aliphatic rings. The van der Waals surface area contributed by atoms with Crippen LogP contribution < -0.4 is 0 Å². The van der Waals surface area contributed by atoms with Gasteiger partial charge in [0.2, 0.25) is 5.91 Å². The number of hydrogen-bond donors (Lipinski definition) is 0. The average molecular weight is 288 g/mol. The first-order valence-corrected chi connectivity index (χ1v) is 7.69. The second-order valence-corrected chi connectivity index (χ2v) is 6.56. The summed E-state index contributed by atoms with van der Waals surface area (Å²) in [5, 5.41) is 4.28. The van der Waals surface area contributed by atoms with E-state index in [4.69, 9.17) is 0 Å². The summed E-state index contributed by atoms with van der Waals surface area (Å²) in [6, 6.07) is 2.11. The third-order valence-corrected chi connectivity index (χ3v) is 5.24. The van der Waals surface area contributed by atoms with Crippen LogP contribution in [0.2, 0.25) is 0 Å². The summed E-state index contributed by atoms with van der Waals surface area (Å²) in [7, 11) is 1.84. The zero-order valence-corrected chi connectivity index (χ0v) is 12.2. The first-order chi connectivity index (χ1) is 10.1. The van der Waals surface area contributed by atoms with E-state index in [1.54, 1.807) is 11.1 Å². The fourth-order valence-corrected chi connectivity index (χ4v) is 3.87. The Bertz CT molecular complexity index is 579. The van der Waals surface area contributed by atoms with Crippen LogP contribution in [-0.2, 0) is 15.1 Å². The van der Waals surface area contributed by atoms with Gasteiger partial charge in [0.05, 0.1) is 0 Å². The normalized spacial score (nSPS) is 30.4. The van der Waals surface area contributed by atoms with Gasteiger partial charge in [0.15, 0.2) is 0 Å². The Hall–Kier alpha value is -1.85. The average Bonchev–Trinajstić information content (AvgIpc) is 2.94. The number of hydrogen-bond acceptors (Lipinski definition) is 3. The number of amides is 2. The first-order valence-electron chi connectivity index (χ1n) is 7.69. The number of rotatable bonds is 2. The van der Waals surface area contributed by atoms with Gasteiger partial charge in [0.1, 0.15) is 5.54 Å². The second kappa shape index (κ2) is 4.32. The monoisotopic (exact) mass is 288 g/mol. The molecule has 0 aromatic carbocycles. The molecule has 0 radical (unpaired) electrons. The topological polar surface area (TPSA) is 58.4 Å². The van der Waals surface area contributed by atoms with Gasteiger partial charge in [0, 0.05) is 44.5 Å². The Morgan fingerprint density at radius 2 is 2.10 bits per heavy atom.